The number of amides is 1. The van der Waals surface area contributed by atoms with Crippen molar-refractivity contribution in [2.45, 2.75) is 13.2 Å². The summed E-state index contributed by atoms with van der Waals surface area (Å²) in [5, 5.41) is 18.9. The molecule has 0 unspecified atom stereocenters. The summed E-state index contributed by atoms with van der Waals surface area (Å²) in [5.41, 5.74) is 2.56. The SMILES string of the molecule is O=C(O)c1ccc(-c2ccc(F)c(F)c2)cc1N1Cc2ccc(CO)cc2C1=O. The predicted octanol–water partition coefficient (Wildman–Crippen LogP) is 3.98. The topological polar surface area (TPSA) is 77.8 Å². The molecule has 0 radical (unpaired) electrons. The Labute approximate surface area is 164 Å². The fourth-order valence-electron chi connectivity index (χ4n) is 3.43. The second-order valence-corrected chi connectivity index (χ2v) is 6.71. The molecule has 1 heterocycles. The molecule has 0 saturated heterocycles. The smallest absolute Gasteiger partial charge is 0.337 e. The van der Waals surface area contributed by atoms with E-state index >= 15 is 0 Å². The highest BCUT2D eigenvalue weighted by Gasteiger charge is 2.31. The van der Waals surface area contributed by atoms with E-state index < -0.39 is 17.6 Å². The van der Waals surface area contributed by atoms with Gasteiger partial charge < -0.3 is 15.1 Å². The Balaban J connectivity index is 1.81. The van der Waals surface area contributed by atoms with Gasteiger partial charge in [-0.25, -0.2) is 13.6 Å². The van der Waals surface area contributed by atoms with E-state index in [0.29, 0.717) is 27.8 Å². The number of aliphatic hydroxyl groups is 1. The second kappa shape index (κ2) is 7.10. The minimum absolute atomic E-state index is 0.0835. The third-order valence-corrected chi connectivity index (χ3v) is 4.93. The molecular formula is C22H15F2NO4. The van der Waals surface area contributed by atoms with Crippen molar-refractivity contribution in [3.8, 4) is 11.1 Å². The predicted molar refractivity (Wildman–Crippen MR) is 102 cm³/mol. The molecule has 29 heavy (non-hydrogen) atoms. The first-order valence-electron chi connectivity index (χ1n) is 8.76. The fraction of sp³-hybridized carbons (Fsp3) is 0.0909. The van der Waals surface area contributed by atoms with Gasteiger partial charge in [0.05, 0.1) is 24.4 Å². The summed E-state index contributed by atoms with van der Waals surface area (Å²) in [6.07, 6.45) is 0. The minimum atomic E-state index is -1.21. The van der Waals surface area contributed by atoms with Crippen molar-refractivity contribution < 1.29 is 28.6 Å². The van der Waals surface area contributed by atoms with Gasteiger partial charge in [0.15, 0.2) is 11.6 Å². The average Bonchev–Trinajstić information content (AvgIpc) is 3.05. The number of carbonyl (C=O) groups excluding carboxylic acids is 1. The van der Waals surface area contributed by atoms with Crippen LogP contribution in [0.25, 0.3) is 11.1 Å². The number of nitrogens with zero attached hydrogens (tertiary/aromatic N) is 1. The summed E-state index contributed by atoms with van der Waals surface area (Å²) >= 11 is 0. The lowest BCUT2D eigenvalue weighted by atomic mass is 10.0. The zero-order valence-electron chi connectivity index (χ0n) is 15.0. The maximum atomic E-state index is 13.6. The van der Waals surface area contributed by atoms with Gasteiger partial charge in [0, 0.05) is 5.56 Å². The number of carbonyl (C=O) groups is 2. The average molecular weight is 395 g/mol. The molecule has 1 aliphatic heterocycles. The third-order valence-electron chi connectivity index (χ3n) is 4.93. The lowest BCUT2D eigenvalue weighted by Crippen LogP contribution is -2.25. The molecule has 1 amide bonds. The fourth-order valence-corrected chi connectivity index (χ4v) is 3.43. The van der Waals surface area contributed by atoms with Crippen LogP contribution in [0.15, 0.2) is 54.6 Å². The van der Waals surface area contributed by atoms with Gasteiger partial charge in [-0.1, -0.05) is 24.3 Å². The molecule has 0 fully saturated rings. The van der Waals surface area contributed by atoms with Gasteiger partial charge in [-0.15, -0.1) is 0 Å². The summed E-state index contributed by atoms with van der Waals surface area (Å²) in [7, 11) is 0. The van der Waals surface area contributed by atoms with E-state index in [-0.39, 0.29) is 30.3 Å². The van der Waals surface area contributed by atoms with Crippen LogP contribution >= 0.6 is 0 Å². The van der Waals surface area contributed by atoms with Gasteiger partial charge in [0.2, 0.25) is 0 Å². The number of hydrogen-bond acceptors (Lipinski definition) is 3. The van der Waals surface area contributed by atoms with E-state index in [1.807, 2.05) is 0 Å². The standard InChI is InChI=1S/C22H15F2NO4/c23-18-6-4-13(8-19(18)24)14-3-5-16(22(28)29)20(9-14)25-10-15-2-1-12(11-26)7-17(15)21(25)27/h1-9,26H,10-11H2,(H,28,29). The molecule has 0 aromatic heterocycles. The summed E-state index contributed by atoms with van der Waals surface area (Å²) in [6.45, 7) is -0.0477. The first-order chi connectivity index (χ1) is 13.9. The second-order valence-electron chi connectivity index (χ2n) is 6.71. The summed E-state index contributed by atoms with van der Waals surface area (Å²) in [5.74, 6) is -3.61. The highest BCUT2D eigenvalue weighted by atomic mass is 19.2. The molecule has 3 aromatic carbocycles. The van der Waals surface area contributed by atoms with E-state index in [1.54, 1.807) is 18.2 Å². The van der Waals surface area contributed by atoms with Crippen LogP contribution in [0.3, 0.4) is 0 Å². The number of halogens is 2. The van der Waals surface area contributed by atoms with Crippen molar-refractivity contribution in [2.75, 3.05) is 4.90 Å². The molecule has 1 aliphatic rings. The van der Waals surface area contributed by atoms with E-state index in [2.05, 4.69) is 0 Å². The molecular weight excluding hydrogens is 380 g/mol. The van der Waals surface area contributed by atoms with E-state index in [0.717, 1.165) is 12.1 Å². The van der Waals surface area contributed by atoms with Crippen molar-refractivity contribution in [1.82, 2.24) is 0 Å². The van der Waals surface area contributed by atoms with Gasteiger partial charge in [-0.05, 0) is 52.6 Å². The summed E-state index contributed by atoms with van der Waals surface area (Å²) in [6, 6.07) is 12.7. The number of benzene rings is 3. The minimum Gasteiger partial charge on any atom is -0.478 e. The Morgan fingerprint density at radius 1 is 0.966 bits per heavy atom. The Morgan fingerprint density at radius 2 is 1.69 bits per heavy atom. The van der Waals surface area contributed by atoms with E-state index in [4.69, 9.17) is 0 Å². The number of anilines is 1. The molecule has 4 rings (SSSR count). The zero-order chi connectivity index (χ0) is 20.7. The number of carboxylic acid groups (broad SMARTS) is 1. The molecule has 0 bridgehead atoms. The lowest BCUT2D eigenvalue weighted by Gasteiger charge is -2.19. The van der Waals surface area contributed by atoms with Crippen molar-refractivity contribution in [3.63, 3.8) is 0 Å². The number of aromatic carboxylic acids is 1. The number of rotatable bonds is 4. The lowest BCUT2D eigenvalue weighted by molar-refractivity contribution is 0.0697. The molecule has 0 atom stereocenters. The van der Waals surface area contributed by atoms with Gasteiger partial charge in [0.1, 0.15) is 0 Å². The molecule has 0 saturated carbocycles. The first kappa shape index (κ1) is 18.8. The van der Waals surface area contributed by atoms with Crippen molar-refractivity contribution >= 4 is 17.6 Å². The molecule has 7 heteroatoms. The van der Waals surface area contributed by atoms with Gasteiger partial charge >= 0.3 is 5.97 Å². The van der Waals surface area contributed by atoms with Crippen LogP contribution in [0.5, 0.6) is 0 Å². The first-order valence-corrected chi connectivity index (χ1v) is 8.76. The number of hydrogen-bond donors (Lipinski definition) is 2. The normalized spacial score (nSPS) is 12.9. The molecule has 2 N–H and O–H groups in total. The Hall–Kier alpha value is -3.58. The quantitative estimate of drug-likeness (QED) is 0.701. The van der Waals surface area contributed by atoms with Crippen LogP contribution in [0, 0.1) is 11.6 Å². The number of fused-ring (bicyclic) bond motifs is 1. The highest BCUT2D eigenvalue weighted by molar-refractivity contribution is 6.13. The molecule has 3 aromatic rings. The Morgan fingerprint density at radius 3 is 2.38 bits per heavy atom. The summed E-state index contributed by atoms with van der Waals surface area (Å²) in [4.78, 5) is 26.0. The maximum absolute atomic E-state index is 13.6. The van der Waals surface area contributed by atoms with Crippen molar-refractivity contribution in [1.29, 1.82) is 0 Å². The largest absolute Gasteiger partial charge is 0.478 e. The monoisotopic (exact) mass is 395 g/mol. The number of carboxylic acids is 1. The highest BCUT2D eigenvalue weighted by Crippen LogP contribution is 2.35. The van der Waals surface area contributed by atoms with Gasteiger partial charge in [-0.2, -0.15) is 0 Å². The van der Waals surface area contributed by atoms with Crippen LogP contribution in [0.2, 0.25) is 0 Å². The molecule has 0 aliphatic carbocycles. The molecule has 146 valence electrons. The molecule has 0 spiro atoms. The van der Waals surface area contributed by atoms with Crippen LogP contribution in [0.1, 0.15) is 31.8 Å². The van der Waals surface area contributed by atoms with E-state index in [9.17, 15) is 28.6 Å². The Kier molecular flexibility index (Phi) is 4.60. The van der Waals surface area contributed by atoms with Gasteiger partial charge in [0.25, 0.3) is 5.91 Å². The summed E-state index contributed by atoms with van der Waals surface area (Å²) < 4.78 is 26.9. The van der Waals surface area contributed by atoms with Crippen LogP contribution in [0.4, 0.5) is 14.5 Å². The number of aliphatic hydroxyl groups excluding tert-OH is 1. The zero-order valence-corrected chi connectivity index (χ0v) is 15.0. The van der Waals surface area contributed by atoms with Crippen molar-refractivity contribution in [2.24, 2.45) is 0 Å². The van der Waals surface area contributed by atoms with Crippen LogP contribution in [-0.4, -0.2) is 22.1 Å². The third kappa shape index (κ3) is 3.25. The Bertz CT molecular complexity index is 1160. The maximum Gasteiger partial charge on any atom is 0.337 e. The van der Waals surface area contributed by atoms with Crippen molar-refractivity contribution in [3.05, 3.63) is 88.5 Å². The van der Waals surface area contributed by atoms with E-state index in [1.165, 1.54) is 29.2 Å². The van der Waals surface area contributed by atoms with Gasteiger partial charge in [-0.3, -0.25) is 4.79 Å². The molecule has 5 nitrogen and oxygen atoms in total. The van der Waals surface area contributed by atoms with Crippen LogP contribution in [-0.2, 0) is 13.2 Å². The van der Waals surface area contributed by atoms with Crippen LogP contribution < -0.4 is 4.90 Å².